The van der Waals surface area contributed by atoms with E-state index in [4.69, 9.17) is 0 Å². The van der Waals surface area contributed by atoms with E-state index in [1.807, 2.05) is 0 Å². The summed E-state index contributed by atoms with van der Waals surface area (Å²) < 4.78 is 26.2. The third kappa shape index (κ3) is 5.99. The second-order valence-electron chi connectivity index (χ2n) is 4.85. The minimum absolute atomic E-state index is 0.0563. The Morgan fingerprint density at radius 1 is 1.35 bits per heavy atom. The number of alkyl halides is 1. The van der Waals surface area contributed by atoms with Crippen molar-refractivity contribution in [3.8, 4) is 0 Å². The molecule has 0 saturated heterocycles. The SMILES string of the molecule is CCCC(CCBr)CNC(=O)Cc1ccc(F)cc1F. The van der Waals surface area contributed by atoms with Crippen molar-refractivity contribution in [1.82, 2.24) is 5.32 Å². The zero-order valence-electron chi connectivity index (χ0n) is 11.6. The molecule has 0 fully saturated rings. The fourth-order valence-corrected chi connectivity index (χ4v) is 2.72. The quantitative estimate of drug-likeness (QED) is 0.711. The van der Waals surface area contributed by atoms with E-state index < -0.39 is 11.6 Å². The first-order valence-electron chi connectivity index (χ1n) is 6.83. The van der Waals surface area contributed by atoms with Gasteiger partial charge in [-0.3, -0.25) is 4.79 Å². The normalized spacial score (nSPS) is 12.2. The van der Waals surface area contributed by atoms with E-state index >= 15 is 0 Å². The van der Waals surface area contributed by atoms with Crippen molar-refractivity contribution >= 4 is 21.8 Å². The van der Waals surface area contributed by atoms with Crippen LogP contribution in [0.2, 0.25) is 0 Å². The maximum atomic E-state index is 13.4. The largest absolute Gasteiger partial charge is 0.356 e. The van der Waals surface area contributed by atoms with Gasteiger partial charge in [-0.2, -0.15) is 0 Å². The summed E-state index contributed by atoms with van der Waals surface area (Å²) in [6.45, 7) is 2.71. The van der Waals surface area contributed by atoms with E-state index in [-0.39, 0.29) is 17.9 Å². The van der Waals surface area contributed by atoms with Crippen LogP contribution >= 0.6 is 15.9 Å². The lowest BCUT2D eigenvalue weighted by Crippen LogP contribution is -2.31. The second-order valence-corrected chi connectivity index (χ2v) is 5.64. The van der Waals surface area contributed by atoms with Crippen molar-refractivity contribution in [2.24, 2.45) is 5.92 Å². The molecule has 20 heavy (non-hydrogen) atoms. The lowest BCUT2D eigenvalue weighted by atomic mass is 10.0. The molecule has 0 aromatic heterocycles. The molecular formula is C15H20BrF2NO. The third-order valence-corrected chi connectivity index (χ3v) is 3.63. The molecule has 0 saturated carbocycles. The molecule has 112 valence electrons. The van der Waals surface area contributed by atoms with Crippen LogP contribution < -0.4 is 5.32 Å². The van der Waals surface area contributed by atoms with Crippen molar-refractivity contribution < 1.29 is 13.6 Å². The van der Waals surface area contributed by atoms with E-state index in [1.54, 1.807) is 0 Å². The molecule has 2 nitrogen and oxygen atoms in total. The number of carbonyl (C=O) groups is 1. The number of rotatable bonds is 8. The van der Waals surface area contributed by atoms with Crippen LogP contribution in [0.5, 0.6) is 0 Å². The van der Waals surface area contributed by atoms with Crippen LogP contribution in [0.4, 0.5) is 8.78 Å². The number of carbonyl (C=O) groups excluding carboxylic acids is 1. The lowest BCUT2D eigenvalue weighted by molar-refractivity contribution is -0.120. The molecule has 1 rings (SSSR count). The smallest absolute Gasteiger partial charge is 0.224 e. The van der Waals surface area contributed by atoms with Gasteiger partial charge in [0.25, 0.3) is 0 Å². The zero-order chi connectivity index (χ0) is 15.0. The number of hydrogen-bond acceptors (Lipinski definition) is 1. The minimum Gasteiger partial charge on any atom is -0.356 e. The monoisotopic (exact) mass is 347 g/mol. The summed E-state index contributed by atoms with van der Waals surface area (Å²) in [5, 5.41) is 3.73. The van der Waals surface area contributed by atoms with Gasteiger partial charge in [0.15, 0.2) is 0 Å². The Hall–Kier alpha value is -0.970. The molecule has 1 atom stereocenters. The average Bonchev–Trinajstić information content (AvgIpc) is 2.40. The molecular weight excluding hydrogens is 328 g/mol. The van der Waals surface area contributed by atoms with E-state index in [2.05, 4.69) is 28.2 Å². The molecule has 0 heterocycles. The summed E-state index contributed by atoms with van der Waals surface area (Å²) >= 11 is 3.40. The molecule has 1 amide bonds. The summed E-state index contributed by atoms with van der Waals surface area (Å²) in [4.78, 5) is 11.8. The molecule has 0 bridgehead atoms. The van der Waals surface area contributed by atoms with E-state index in [0.29, 0.717) is 12.5 Å². The molecule has 1 aromatic carbocycles. The highest BCUT2D eigenvalue weighted by Crippen LogP contribution is 2.13. The van der Waals surface area contributed by atoms with Gasteiger partial charge < -0.3 is 5.32 Å². The summed E-state index contributed by atoms with van der Waals surface area (Å²) in [5.74, 6) is -1.11. The highest BCUT2D eigenvalue weighted by atomic mass is 79.9. The van der Waals surface area contributed by atoms with Gasteiger partial charge in [0.05, 0.1) is 6.42 Å². The van der Waals surface area contributed by atoms with E-state index in [1.165, 1.54) is 6.07 Å². The molecule has 0 aliphatic carbocycles. The first kappa shape index (κ1) is 17.1. The molecule has 1 aromatic rings. The first-order valence-corrected chi connectivity index (χ1v) is 7.95. The first-order chi connectivity index (χ1) is 9.56. The number of amides is 1. The number of hydrogen-bond donors (Lipinski definition) is 1. The van der Waals surface area contributed by atoms with Gasteiger partial charge in [0.1, 0.15) is 11.6 Å². The van der Waals surface area contributed by atoms with Crippen molar-refractivity contribution in [2.75, 3.05) is 11.9 Å². The Balaban J connectivity index is 2.46. The van der Waals surface area contributed by atoms with E-state index in [0.717, 1.165) is 36.7 Å². The van der Waals surface area contributed by atoms with E-state index in [9.17, 15) is 13.6 Å². The van der Waals surface area contributed by atoms with Crippen molar-refractivity contribution in [2.45, 2.75) is 32.6 Å². The van der Waals surface area contributed by atoms with Gasteiger partial charge in [-0.15, -0.1) is 0 Å². The Labute approximate surface area is 127 Å². The predicted octanol–water partition coefficient (Wildman–Crippen LogP) is 3.82. The van der Waals surface area contributed by atoms with Gasteiger partial charge in [0, 0.05) is 17.9 Å². The maximum absolute atomic E-state index is 13.4. The highest BCUT2D eigenvalue weighted by molar-refractivity contribution is 9.09. The topological polar surface area (TPSA) is 29.1 Å². The van der Waals surface area contributed by atoms with Gasteiger partial charge in [0.2, 0.25) is 5.91 Å². The van der Waals surface area contributed by atoms with Crippen LogP contribution in [0.3, 0.4) is 0 Å². The van der Waals surface area contributed by atoms with Crippen LogP contribution in [0.1, 0.15) is 31.7 Å². The fourth-order valence-electron chi connectivity index (χ4n) is 2.07. The summed E-state index contributed by atoms with van der Waals surface area (Å²) in [6, 6.07) is 3.27. The van der Waals surface area contributed by atoms with Crippen LogP contribution in [-0.2, 0) is 11.2 Å². The predicted molar refractivity (Wildman–Crippen MR) is 79.9 cm³/mol. The average molecular weight is 348 g/mol. The van der Waals surface area contributed by atoms with Crippen molar-refractivity contribution in [3.05, 3.63) is 35.4 Å². The number of nitrogens with one attached hydrogen (secondary N) is 1. The number of halogens is 3. The molecule has 0 spiro atoms. The van der Waals surface area contributed by atoms with Crippen molar-refractivity contribution in [3.63, 3.8) is 0 Å². The Kier molecular flexibility index (Phi) is 7.73. The Morgan fingerprint density at radius 3 is 2.70 bits per heavy atom. The Morgan fingerprint density at radius 2 is 2.10 bits per heavy atom. The van der Waals surface area contributed by atoms with Gasteiger partial charge in [-0.25, -0.2) is 8.78 Å². The second kappa shape index (κ2) is 9.06. The van der Waals surface area contributed by atoms with Gasteiger partial charge in [-0.1, -0.05) is 35.3 Å². The zero-order valence-corrected chi connectivity index (χ0v) is 13.2. The minimum atomic E-state index is -0.675. The van der Waals surface area contributed by atoms with Crippen molar-refractivity contribution in [1.29, 1.82) is 0 Å². The maximum Gasteiger partial charge on any atom is 0.224 e. The summed E-state index contributed by atoms with van der Waals surface area (Å²) in [6.07, 6.45) is 3.06. The molecule has 1 N–H and O–H groups in total. The van der Waals surface area contributed by atoms with Gasteiger partial charge >= 0.3 is 0 Å². The highest BCUT2D eigenvalue weighted by Gasteiger charge is 2.12. The van der Waals surface area contributed by atoms with Crippen LogP contribution in [-0.4, -0.2) is 17.8 Å². The molecule has 0 aliphatic heterocycles. The molecule has 1 unspecified atom stereocenters. The summed E-state index contributed by atoms with van der Waals surface area (Å²) in [5.41, 5.74) is 0.219. The van der Waals surface area contributed by atoms with Gasteiger partial charge in [-0.05, 0) is 30.4 Å². The molecule has 5 heteroatoms. The van der Waals surface area contributed by atoms with Crippen LogP contribution in [0, 0.1) is 17.6 Å². The molecule has 0 aliphatic rings. The molecule has 0 radical (unpaired) electrons. The number of benzene rings is 1. The summed E-state index contributed by atoms with van der Waals surface area (Å²) in [7, 11) is 0. The fraction of sp³-hybridized carbons (Fsp3) is 0.533. The third-order valence-electron chi connectivity index (χ3n) is 3.17. The van der Waals surface area contributed by atoms with Crippen LogP contribution in [0.15, 0.2) is 18.2 Å². The lowest BCUT2D eigenvalue weighted by Gasteiger charge is -2.15. The Bertz CT molecular complexity index is 434. The standard InChI is InChI=1S/C15H20BrF2NO/c1-2-3-11(6-7-16)10-19-15(20)8-12-4-5-13(17)9-14(12)18/h4-5,9,11H,2-3,6-8,10H2,1H3,(H,19,20). The van der Waals surface area contributed by atoms with Crippen LogP contribution in [0.25, 0.3) is 0 Å².